The molecule has 1 aromatic heterocycles. The number of halogens is 1. The normalized spacial score (nSPS) is 10.7. The Balaban J connectivity index is 2.17. The summed E-state index contributed by atoms with van der Waals surface area (Å²) < 4.78 is 1.51. The Morgan fingerprint density at radius 1 is 1.50 bits per heavy atom. The van der Waals surface area contributed by atoms with Gasteiger partial charge in [-0.2, -0.15) is 0 Å². The zero-order chi connectivity index (χ0) is 14.5. The molecule has 2 rings (SSSR count). The van der Waals surface area contributed by atoms with Gasteiger partial charge in [-0.05, 0) is 19.0 Å². The number of aromatic nitrogens is 3. The van der Waals surface area contributed by atoms with Crippen LogP contribution in [0.4, 0.5) is 5.69 Å². The van der Waals surface area contributed by atoms with Crippen molar-refractivity contribution in [2.24, 2.45) is 0 Å². The molecule has 1 N–H and O–H groups in total. The molecule has 20 heavy (non-hydrogen) atoms. The molecule has 0 saturated heterocycles. The standard InChI is InChI=1S/C12H14ClN5O2/c1-2-5-14-7-9-8-17(16-15-9)12-4-3-10(18(19)20)6-11(12)13/h3-4,6,8,14H,2,5,7H2,1H3. The highest BCUT2D eigenvalue weighted by molar-refractivity contribution is 6.32. The van der Waals surface area contributed by atoms with Gasteiger partial charge in [-0.15, -0.1) is 5.10 Å². The molecule has 1 aromatic carbocycles. The van der Waals surface area contributed by atoms with E-state index in [-0.39, 0.29) is 10.7 Å². The molecule has 1 heterocycles. The summed E-state index contributed by atoms with van der Waals surface area (Å²) in [6.07, 6.45) is 2.79. The summed E-state index contributed by atoms with van der Waals surface area (Å²) in [4.78, 5) is 10.2. The predicted octanol–water partition coefficient (Wildman–Crippen LogP) is 2.33. The fourth-order valence-corrected chi connectivity index (χ4v) is 1.95. The predicted molar refractivity (Wildman–Crippen MR) is 75.0 cm³/mol. The first kappa shape index (κ1) is 14.4. The molecule has 7 nitrogen and oxygen atoms in total. The van der Waals surface area contributed by atoms with Crippen LogP contribution in [0.2, 0.25) is 5.02 Å². The van der Waals surface area contributed by atoms with Crippen molar-refractivity contribution in [1.29, 1.82) is 0 Å². The number of benzene rings is 1. The monoisotopic (exact) mass is 295 g/mol. The van der Waals surface area contributed by atoms with Crippen LogP contribution >= 0.6 is 11.6 Å². The molecule has 0 unspecified atom stereocenters. The number of nitro groups is 1. The summed E-state index contributed by atoms with van der Waals surface area (Å²) >= 11 is 6.04. The first-order chi connectivity index (χ1) is 9.61. The lowest BCUT2D eigenvalue weighted by atomic mass is 10.3. The van der Waals surface area contributed by atoms with E-state index in [4.69, 9.17) is 11.6 Å². The summed E-state index contributed by atoms with van der Waals surface area (Å²) in [7, 11) is 0. The van der Waals surface area contributed by atoms with E-state index < -0.39 is 4.92 Å². The highest BCUT2D eigenvalue weighted by Crippen LogP contribution is 2.24. The smallest absolute Gasteiger partial charge is 0.271 e. The highest BCUT2D eigenvalue weighted by Gasteiger charge is 2.12. The van der Waals surface area contributed by atoms with Crippen LogP contribution in [0.1, 0.15) is 19.0 Å². The fraction of sp³-hybridized carbons (Fsp3) is 0.333. The zero-order valence-corrected chi connectivity index (χ0v) is 11.7. The largest absolute Gasteiger partial charge is 0.311 e. The van der Waals surface area contributed by atoms with Crippen molar-refractivity contribution in [1.82, 2.24) is 20.3 Å². The number of hydrogen-bond donors (Lipinski definition) is 1. The van der Waals surface area contributed by atoms with E-state index in [1.165, 1.54) is 16.8 Å². The number of hydrogen-bond acceptors (Lipinski definition) is 5. The lowest BCUT2D eigenvalue weighted by Crippen LogP contribution is -2.13. The Labute approximate surface area is 120 Å². The van der Waals surface area contributed by atoms with Gasteiger partial charge in [0, 0.05) is 18.7 Å². The van der Waals surface area contributed by atoms with Crippen LogP contribution in [0.5, 0.6) is 0 Å². The molecule has 0 saturated carbocycles. The van der Waals surface area contributed by atoms with Crippen molar-refractivity contribution >= 4 is 17.3 Å². The first-order valence-electron chi connectivity index (χ1n) is 6.18. The van der Waals surface area contributed by atoms with Crippen LogP contribution in [-0.2, 0) is 6.54 Å². The van der Waals surface area contributed by atoms with Gasteiger partial charge in [0.1, 0.15) is 0 Å². The fourth-order valence-electron chi connectivity index (χ4n) is 1.69. The minimum atomic E-state index is -0.489. The van der Waals surface area contributed by atoms with Crippen molar-refractivity contribution in [2.45, 2.75) is 19.9 Å². The minimum absolute atomic E-state index is 0.0521. The van der Waals surface area contributed by atoms with Gasteiger partial charge < -0.3 is 5.32 Å². The number of nitrogens with zero attached hydrogens (tertiary/aromatic N) is 4. The minimum Gasteiger partial charge on any atom is -0.311 e. The SMILES string of the molecule is CCCNCc1cn(-c2ccc([N+](=O)[O-])cc2Cl)nn1. The van der Waals surface area contributed by atoms with Crippen LogP contribution in [0.15, 0.2) is 24.4 Å². The Bertz CT molecular complexity index is 614. The average Bonchev–Trinajstić information content (AvgIpc) is 2.87. The molecule has 0 bridgehead atoms. The van der Waals surface area contributed by atoms with Crippen molar-refractivity contribution < 1.29 is 4.92 Å². The summed E-state index contributed by atoms with van der Waals surface area (Å²) in [5.41, 5.74) is 1.29. The Morgan fingerprint density at radius 2 is 2.30 bits per heavy atom. The quantitative estimate of drug-likeness (QED) is 0.502. The molecular formula is C12H14ClN5O2. The van der Waals surface area contributed by atoms with Gasteiger partial charge in [0.2, 0.25) is 0 Å². The molecule has 0 fully saturated rings. The second-order valence-electron chi connectivity index (χ2n) is 4.22. The second-order valence-corrected chi connectivity index (χ2v) is 4.63. The van der Waals surface area contributed by atoms with Crippen molar-refractivity contribution in [3.8, 4) is 5.69 Å². The first-order valence-corrected chi connectivity index (χ1v) is 6.56. The molecule has 0 aliphatic rings. The van der Waals surface area contributed by atoms with E-state index >= 15 is 0 Å². The van der Waals surface area contributed by atoms with Gasteiger partial charge in [-0.25, -0.2) is 4.68 Å². The summed E-state index contributed by atoms with van der Waals surface area (Å²) in [5.74, 6) is 0. The number of rotatable bonds is 6. The second kappa shape index (κ2) is 6.44. The molecule has 0 amide bonds. The third-order valence-corrected chi connectivity index (χ3v) is 2.97. The van der Waals surface area contributed by atoms with Crippen molar-refractivity contribution in [3.63, 3.8) is 0 Å². The van der Waals surface area contributed by atoms with E-state index in [9.17, 15) is 10.1 Å². The Hall–Kier alpha value is -1.99. The topological polar surface area (TPSA) is 85.9 Å². The molecule has 0 aliphatic carbocycles. The van der Waals surface area contributed by atoms with Crippen molar-refractivity contribution in [2.75, 3.05) is 6.54 Å². The Kier molecular flexibility index (Phi) is 4.65. The van der Waals surface area contributed by atoms with Crippen LogP contribution in [0.3, 0.4) is 0 Å². The van der Waals surface area contributed by atoms with Crippen LogP contribution in [-0.4, -0.2) is 26.5 Å². The lowest BCUT2D eigenvalue weighted by Gasteiger charge is -2.02. The number of nitro benzene ring substituents is 1. The molecule has 0 aliphatic heterocycles. The van der Waals surface area contributed by atoms with Gasteiger partial charge in [-0.3, -0.25) is 10.1 Å². The summed E-state index contributed by atoms with van der Waals surface area (Å²) in [6, 6.07) is 4.24. The van der Waals surface area contributed by atoms with Crippen LogP contribution in [0, 0.1) is 10.1 Å². The van der Waals surface area contributed by atoms with Crippen LogP contribution < -0.4 is 5.32 Å². The maximum atomic E-state index is 10.7. The summed E-state index contributed by atoms with van der Waals surface area (Å²) in [6.45, 7) is 3.62. The van der Waals surface area contributed by atoms with Gasteiger partial charge in [-0.1, -0.05) is 23.7 Å². The van der Waals surface area contributed by atoms with Gasteiger partial charge in [0.15, 0.2) is 0 Å². The molecule has 2 aromatic rings. The molecule has 0 radical (unpaired) electrons. The van der Waals surface area contributed by atoms with E-state index in [0.717, 1.165) is 18.7 Å². The van der Waals surface area contributed by atoms with Gasteiger partial charge in [0.25, 0.3) is 5.69 Å². The van der Waals surface area contributed by atoms with Gasteiger partial charge >= 0.3 is 0 Å². The highest BCUT2D eigenvalue weighted by atomic mass is 35.5. The van der Waals surface area contributed by atoms with Crippen LogP contribution in [0.25, 0.3) is 5.69 Å². The molecular weight excluding hydrogens is 282 g/mol. The molecule has 0 spiro atoms. The molecule has 8 heteroatoms. The van der Waals surface area contributed by atoms with E-state index in [0.29, 0.717) is 12.2 Å². The number of non-ortho nitro benzene ring substituents is 1. The molecule has 0 atom stereocenters. The Morgan fingerprint density at radius 3 is 2.95 bits per heavy atom. The van der Waals surface area contributed by atoms with E-state index in [1.807, 2.05) is 0 Å². The van der Waals surface area contributed by atoms with Gasteiger partial charge in [0.05, 0.1) is 27.5 Å². The maximum Gasteiger partial charge on any atom is 0.271 e. The third kappa shape index (κ3) is 3.31. The third-order valence-electron chi connectivity index (χ3n) is 2.66. The van der Waals surface area contributed by atoms with E-state index in [2.05, 4.69) is 22.6 Å². The summed E-state index contributed by atoms with van der Waals surface area (Å²) in [5, 5.41) is 22.1. The zero-order valence-electron chi connectivity index (χ0n) is 10.9. The molecule has 106 valence electrons. The number of nitrogens with one attached hydrogen (secondary N) is 1. The lowest BCUT2D eigenvalue weighted by molar-refractivity contribution is -0.384. The average molecular weight is 296 g/mol. The maximum absolute atomic E-state index is 10.7. The van der Waals surface area contributed by atoms with Crippen molar-refractivity contribution in [3.05, 3.63) is 45.2 Å². The van der Waals surface area contributed by atoms with E-state index in [1.54, 1.807) is 12.3 Å².